The minimum Gasteiger partial charge on any atom is -0.473 e. The molecule has 0 spiro atoms. The zero-order chi connectivity index (χ0) is 20.4. The van der Waals surface area contributed by atoms with Gasteiger partial charge in [-0.15, -0.1) is 11.8 Å². The molecule has 1 heterocycles. The molecule has 1 aromatic carbocycles. The number of likely N-dealkylation sites (N-methyl/N-ethyl adjacent to an activating group) is 1. The number of carboxylic acids is 2. The Morgan fingerprint density at radius 1 is 1.22 bits per heavy atom. The highest BCUT2D eigenvalue weighted by molar-refractivity contribution is 8.00. The minimum absolute atomic E-state index is 0.0519. The normalized spacial score (nSPS) is 15.9. The summed E-state index contributed by atoms with van der Waals surface area (Å²) >= 11 is 7.71. The zero-order valence-electron chi connectivity index (χ0n) is 15.2. The van der Waals surface area contributed by atoms with Crippen molar-refractivity contribution in [3.05, 3.63) is 29.3 Å². The van der Waals surface area contributed by atoms with E-state index in [1.165, 1.54) is 4.90 Å². The van der Waals surface area contributed by atoms with E-state index in [-0.39, 0.29) is 6.03 Å². The molecule has 2 amide bonds. The van der Waals surface area contributed by atoms with Crippen molar-refractivity contribution in [2.45, 2.75) is 16.6 Å². The molecular formula is C17H24ClN3O5S. The van der Waals surface area contributed by atoms with Crippen LogP contribution in [0.1, 0.15) is 6.42 Å². The summed E-state index contributed by atoms with van der Waals surface area (Å²) in [6.07, 6.45) is 1.04. The number of carboxylic acid groups (broad SMARTS) is 2. The summed E-state index contributed by atoms with van der Waals surface area (Å²) in [5.41, 5.74) is 0. The van der Waals surface area contributed by atoms with Crippen LogP contribution in [0.4, 0.5) is 4.79 Å². The second kappa shape index (κ2) is 11.7. The van der Waals surface area contributed by atoms with Gasteiger partial charge in [0.15, 0.2) is 0 Å². The van der Waals surface area contributed by atoms with E-state index < -0.39 is 11.9 Å². The van der Waals surface area contributed by atoms with Crippen LogP contribution in [-0.4, -0.2) is 83.5 Å². The van der Waals surface area contributed by atoms with E-state index in [0.717, 1.165) is 31.1 Å². The van der Waals surface area contributed by atoms with Crippen LogP contribution in [0, 0.1) is 0 Å². The lowest BCUT2D eigenvalue weighted by Gasteiger charge is -2.18. The first-order valence-electron chi connectivity index (χ1n) is 8.25. The Morgan fingerprint density at radius 3 is 2.33 bits per heavy atom. The maximum Gasteiger partial charge on any atom is 0.414 e. The van der Waals surface area contributed by atoms with Crippen molar-refractivity contribution in [2.24, 2.45) is 0 Å². The first kappa shape index (κ1) is 23.1. The molecule has 1 aromatic rings. The first-order chi connectivity index (χ1) is 12.7. The highest BCUT2D eigenvalue weighted by atomic mass is 35.5. The summed E-state index contributed by atoms with van der Waals surface area (Å²) in [5.74, 6) is -3.65. The number of hydrogen-bond acceptors (Lipinski definition) is 5. The van der Waals surface area contributed by atoms with E-state index in [2.05, 4.69) is 10.2 Å². The molecule has 1 fully saturated rings. The van der Waals surface area contributed by atoms with Gasteiger partial charge in [0.2, 0.25) is 0 Å². The summed E-state index contributed by atoms with van der Waals surface area (Å²) in [5, 5.41) is 19.0. The summed E-state index contributed by atoms with van der Waals surface area (Å²) in [4.78, 5) is 35.4. The average molecular weight is 418 g/mol. The van der Waals surface area contributed by atoms with Crippen LogP contribution in [-0.2, 0) is 9.59 Å². The van der Waals surface area contributed by atoms with Crippen molar-refractivity contribution in [2.75, 3.05) is 40.3 Å². The second-order valence-electron chi connectivity index (χ2n) is 6.07. The van der Waals surface area contributed by atoms with Crippen molar-refractivity contribution in [1.82, 2.24) is 15.1 Å². The fourth-order valence-electron chi connectivity index (χ4n) is 2.21. The third kappa shape index (κ3) is 9.50. The number of hydrogen-bond donors (Lipinski definition) is 3. The molecule has 0 bridgehead atoms. The van der Waals surface area contributed by atoms with Crippen molar-refractivity contribution < 1.29 is 24.6 Å². The van der Waals surface area contributed by atoms with Crippen molar-refractivity contribution >= 4 is 41.3 Å². The number of amides is 2. The number of nitrogens with one attached hydrogen (secondary N) is 1. The molecule has 2 rings (SSSR count). The van der Waals surface area contributed by atoms with Gasteiger partial charge in [-0.2, -0.15) is 0 Å². The molecular weight excluding hydrogens is 394 g/mol. The molecule has 1 aliphatic rings. The van der Waals surface area contributed by atoms with E-state index in [1.807, 2.05) is 55.0 Å². The molecule has 1 aliphatic heterocycles. The van der Waals surface area contributed by atoms with E-state index >= 15 is 0 Å². The van der Waals surface area contributed by atoms with Crippen LogP contribution >= 0.6 is 23.4 Å². The summed E-state index contributed by atoms with van der Waals surface area (Å²) in [6, 6.07) is 7.94. The molecule has 0 aliphatic carbocycles. The number of likely N-dealkylation sites (tertiary alicyclic amines) is 1. The van der Waals surface area contributed by atoms with Crippen LogP contribution in [0.3, 0.4) is 0 Å². The molecule has 150 valence electrons. The maximum absolute atomic E-state index is 12.0. The fraction of sp³-hybridized carbons (Fsp3) is 0.471. The standard InChI is InChI=1S/C15H22ClN3OS.C2H2O4/c1-18(2)10-8-17-15(20)19-9-7-14(11-19)21-13-5-3-12(16)4-6-13;3-1(4)2(5)6/h3-6,14H,7-11H2,1-2H3,(H,17,20);(H,3,4)(H,5,6). The maximum atomic E-state index is 12.0. The van der Waals surface area contributed by atoms with Crippen molar-refractivity contribution in [3.8, 4) is 0 Å². The number of thioether (sulfide) groups is 1. The third-order valence-electron chi connectivity index (χ3n) is 3.57. The fourth-order valence-corrected chi connectivity index (χ4v) is 3.49. The van der Waals surface area contributed by atoms with Crippen molar-refractivity contribution in [3.63, 3.8) is 0 Å². The van der Waals surface area contributed by atoms with Gasteiger partial charge in [0.05, 0.1) is 0 Å². The Balaban J connectivity index is 0.000000527. The predicted octanol–water partition coefficient (Wildman–Crippen LogP) is 1.93. The molecule has 10 heteroatoms. The zero-order valence-corrected chi connectivity index (χ0v) is 16.8. The molecule has 8 nitrogen and oxygen atoms in total. The summed E-state index contributed by atoms with van der Waals surface area (Å²) in [7, 11) is 4.00. The van der Waals surface area contributed by atoms with Gasteiger partial charge in [0.25, 0.3) is 0 Å². The molecule has 1 atom stereocenters. The molecule has 0 aromatic heterocycles. The SMILES string of the molecule is CN(C)CCNC(=O)N1CCC(Sc2ccc(Cl)cc2)C1.O=C(O)C(=O)O. The highest BCUT2D eigenvalue weighted by Crippen LogP contribution is 2.30. The Kier molecular flexibility index (Phi) is 9.98. The lowest BCUT2D eigenvalue weighted by molar-refractivity contribution is -0.159. The van der Waals surface area contributed by atoms with E-state index in [0.29, 0.717) is 11.8 Å². The average Bonchev–Trinajstić information content (AvgIpc) is 3.05. The Bertz CT molecular complexity index is 630. The molecule has 27 heavy (non-hydrogen) atoms. The van der Waals surface area contributed by atoms with Crippen LogP contribution in [0.5, 0.6) is 0 Å². The number of halogens is 1. The number of carbonyl (C=O) groups is 3. The van der Waals surface area contributed by atoms with E-state index in [9.17, 15) is 4.79 Å². The number of urea groups is 1. The predicted molar refractivity (Wildman–Crippen MR) is 105 cm³/mol. The summed E-state index contributed by atoms with van der Waals surface area (Å²) < 4.78 is 0. The summed E-state index contributed by atoms with van der Waals surface area (Å²) in [6.45, 7) is 3.19. The number of rotatable bonds is 5. The van der Waals surface area contributed by atoms with Gasteiger partial charge in [0.1, 0.15) is 0 Å². The smallest absolute Gasteiger partial charge is 0.414 e. The number of carbonyl (C=O) groups excluding carboxylic acids is 1. The van der Waals surface area contributed by atoms with Gasteiger partial charge in [-0.25, -0.2) is 14.4 Å². The number of benzene rings is 1. The van der Waals surface area contributed by atoms with Crippen LogP contribution in [0.2, 0.25) is 5.02 Å². The van der Waals surface area contributed by atoms with Crippen LogP contribution in [0.15, 0.2) is 29.2 Å². The van der Waals surface area contributed by atoms with Gasteiger partial charge in [-0.1, -0.05) is 11.6 Å². The van der Waals surface area contributed by atoms with Gasteiger partial charge >= 0.3 is 18.0 Å². The molecule has 0 saturated carbocycles. The van der Waals surface area contributed by atoms with Gasteiger partial charge in [0, 0.05) is 41.3 Å². The lowest BCUT2D eigenvalue weighted by Crippen LogP contribution is -2.41. The Hall–Kier alpha value is -1.97. The second-order valence-corrected chi connectivity index (χ2v) is 7.88. The molecule has 1 unspecified atom stereocenters. The van der Waals surface area contributed by atoms with E-state index in [1.54, 1.807) is 0 Å². The van der Waals surface area contributed by atoms with Gasteiger partial charge < -0.3 is 25.3 Å². The molecule has 1 saturated heterocycles. The third-order valence-corrected chi connectivity index (χ3v) is 5.08. The minimum atomic E-state index is -1.82. The van der Waals surface area contributed by atoms with E-state index in [4.69, 9.17) is 31.4 Å². The Labute approximate surface area is 167 Å². The lowest BCUT2D eigenvalue weighted by atomic mass is 10.4. The molecule has 0 radical (unpaired) electrons. The highest BCUT2D eigenvalue weighted by Gasteiger charge is 2.26. The first-order valence-corrected chi connectivity index (χ1v) is 9.50. The quantitative estimate of drug-likeness (QED) is 0.628. The topological polar surface area (TPSA) is 110 Å². The molecule has 3 N–H and O–H groups in total. The number of nitrogens with zero attached hydrogens (tertiary/aromatic N) is 2. The number of aliphatic carboxylic acids is 2. The van der Waals surface area contributed by atoms with Crippen molar-refractivity contribution in [1.29, 1.82) is 0 Å². The largest absolute Gasteiger partial charge is 0.473 e. The van der Waals surface area contributed by atoms with Crippen LogP contribution in [0.25, 0.3) is 0 Å². The Morgan fingerprint density at radius 2 is 1.81 bits per heavy atom. The van der Waals surface area contributed by atoms with Gasteiger partial charge in [-0.3, -0.25) is 0 Å². The van der Waals surface area contributed by atoms with Crippen LogP contribution < -0.4 is 5.32 Å². The monoisotopic (exact) mass is 417 g/mol. The van der Waals surface area contributed by atoms with Gasteiger partial charge in [-0.05, 0) is 44.8 Å².